The lowest BCUT2D eigenvalue weighted by Gasteiger charge is -2.10. The highest BCUT2D eigenvalue weighted by molar-refractivity contribution is 7.52. The topological polar surface area (TPSA) is 72.5 Å². The van der Waals surface area contributed by atoms with Crippen molar-refractivity contribution in [2.75, 3.05) is 19.3 Å². The third-order valence-corrected chi connectivity index (χ3v) is 2.92. The number of rotatable bonds is 7. The SMILES string of the molecule is CCCCCP(=O)(O)OCCN. The highest BCUT2D eigenvalue weighted by atomic mass is 31.2. The summed E-state index contributed by atoms with van der Waals surface area (Å²) in [5.74, 6) is 0. The van der Waals surface area contributed by atoms with Gasteiger partial charge in [0, 0.05) is 12.7 Å². The summed E-state index contributed by atoms with van der Waals surface area (Å²) < 4.78 is 15.8. The maximum absolute atomic E-state index is 11.1. The van der Waals surface area contributed by atoms with Crippen LogP contribution in [0.15, 0.2) is 0 Å². The normalized spacial score (nSPS) is 15.9. The largest absolute Gasteiger partial charge is 0.328 e. The number of hydrogen-bond acceptors (Lipinski definition) is 3. The summed E-state index contributed by atoms with van der Waals surface area (Å²) in [7, 11) is -3.32. The van der Waals surface area contributed by atoms with Crippen LogP contribution in [0.3, 0.4) is 0 Å². The van der Waals surface area contributed by atoms with Crippen molar-refractivity contribution in [3.8, 4) is 0 Å². The molecule has 0 aliphatic carbocycles. The van der Waals surface area contributed by atoms with Crippen molar-refractivity contribution < 1.29 is 14.0 Å². The lowest BCUT2D eigenvalue weighted by atomic mass is 10.3. The van der Waals surface area contributed by atoms with Crippen molar-refractivity contribution in [2.45, 2.75) is 26.2 Å². The van der Waals surface area contributed by atoms with E-state index in [0.717, 1.165) is 19.3 Å². The Kier molecular flexibility index (Phi) is 6.67. The van der Waals surface area contributed by atoms with Gasteiger partial charge in [0.1, 0.15) is 0 Å². The lowest BCUT2D eigenvalue weighted by Crippen LogP contribution is -2.08. The highest BCUT2D eigenvalue weighted by Gasteiger charge is 2.17. The van der Waals surface area contributed by atoms with Crippen molar-refractivity contribution in [1.29, 1.82) is 0 Å². The molecule has 0 fully saturated rings. The van der Waals surface area contributed by atoms with E-state index in [-0.39, 0.29) is 12.8 Å². The minimum Gasteiger partial charge on any atom is -0.328 e. The smallest absolute Gasteiger partial charge is 0.328 e. The van der Waals surface area contributed by atoms with Crippen LogP contribution < -0.4 is 5.73 Å². The molecule has 1 atom stereocenters. The quantitative estimate of drug-likeness (QED) is 0.475. The molecule has 0 saturated carbocycles. The molecule has 0 spiro atoms. The Morgan fingerprint density at radius 2 is 2.17 bits per heavy atom. The fourth-order valence-corrected chi connectivity index (χ4v) is 1.96. The molecule has 0 aromatic heterocycles. The van der Waals surface area contributed by atoms with Gasteiger partial charge >= 0.3 is 7.60 Å². The molecule has 0 saturated heterocycles. The highest BCUT2D eigenvalue weighted by Crippen LogP contribution is 2.42. The molecule has 12 heavy (non-hydrogen) atoms. The zero-order chi connectivity index (χ0) is 9.45. The number of nitrogens with two attached hydrogens (primary N) is 1. The van der Waals surface area contributed by atoms with Gasteiger partial charge in [-0.2, -0.15) is 0 Å². The monoisotopic (exact) mass is 195 g/mol. The van der Waals surface area contributed by atoms with Gasteiger partial charge in [-0.25, -0.2) is 0 Å². The van der Waals surface area contributed by atoms with Crippen LogP contribution >= 0.6 is 7.60 Å². The molecule has 0 amide bonds. The Labute approximate surface area is 73.6 Å². The third kappa shape index (κ3) is 6.80. The molecule has 0 heterocycles. The van der Waals surface area contributed by atoms with Crippen LogP contribution in [0.1, 0.15) is 26.2 Å². The summed E-state index contributed by atoms with van der Waals surface area (Å²) in [6.45, 7) is 2.50. The van der Waals surface area contributed by atoms with Crippen LogP contribution in [-0.2, 0) is 9.09 Å². The van der Waals surface area contributed by atoms with Gasteiger partial charge < -0.3 is 15.2 Å². The molecule has 0 radical (unpaired) electrons. The van der Waals surface area contributed by atoms with E-state index >= 15 is 0 Å². The summed E-state index contributed by atoms with van der Waals surface area (Å²) in [6, 6.07) is 0. The van der Waals surface area contributed by atoms with Crippen LogP contribution in [-0.4, -0.2) is 24.2 Å². The van der Waals surface area contributed by atoms with E-state index < -0.39 is 7.60 Å². The minimum atomic E-state index is -3.32. The first-order chi connectivity index (χ1) is 5.62. The fraction of sp³-hybridized carbons (Fsp3) is 1.00. The lowest BCUT2D eigenvalue weighted by molar-refractivity contribution is 0.266. The summed E-state index contributed by atoms with van der Waals surface area (Å²) in [5, 5.41) is 0. The zero-order valence-corrected chi connectivity index (χ0v) is 8.43. The van der Waals surface area contributed by atoms with Gasteiger partial charge in [-0.15, -0.1) is 0 Å². The molecule has 0 rings (SSSR count). The molecular formula is C7H18NO3P. The van der Waals surface area contributed by atoms with Gasteiger partial charge in [0.05, 0.1) is 6.61 Å². The van der Waals surface area contributed by atoms with Crippen molar-refractivity contribution in [3.05, 3.63) is 0 Å². The summed E-state index contributed by atoms with van der Waals surface area (Å²) >= 11 is 0. The molecule has 0 aliphatic heterocycles. The Morgan fingerprint density at radius 3 is 2.67 bits per heavy atom. The zero-order valence-electron chi connectivity index (χ0n) is 7.53. The summed E-state index contributed by atoms with van der Waals surface area (Å²) in [5.41, 5.74) is 5.13. The Morgan fingerprint density at radius 1 is 1.50 bits per heavy atom. The van der Waals surface area contributed by atoms with Crippen molar-refractivity contribution >= 4 is 7.60 Å². The van der Waals surface area contributed by atoms with Gasteiger partial charge in [0.25, 0.3) is 0 Å². The first-order valence-corrected chi connectivity index (χ1v) is 6.05. The van der Waals surface area contributed by atoms with Gasteiger partial charge in [-0.05, 0) is 6.42 Å². The average molecular weight is 195 g/mol. The number of hydrogen-bond donors (Lipinski definition) is 2. The first-order valence-electron chi connectivity index (χ1n) is 4.29. The van der Waals surface area contributed by atoms with E-state index in [1.165, 1.54) is 0 Å². The molecule has 0 aliphatic rings. The first kappa shape index (κ1) is 12.1. The predicted octanol–water partition coefficient (Wildman–Crippen LogP) is 1.34. The Balaban J connectivity index is 3.49. The average Bonchev–Trinajstić information content (AvgIpc) is 2.01. The van der Waals surface area contributed by atoms with Crippen LogP contribution in [0.5, 0.6) is 0 Å². The van der Waals surface area contributed by atoms with E-state index in [4.69, 9.17) is 15.2 Å². The standard InChI is InChI=1S/C7H18NO3P/c1-2-3-4-7-12(9,10)11-6-5-8/h2-8H2,1H3,(H,9,10). The van der Waals surface area contributed by atoms with Crippen LogP contribution in [0.4, 0.5) is 0 Å². The van der Waals surface area contributed by atoms with Crippen LogP contribution in [0.25, 0.3) is 0 Å². The van der Waals surface area contributed by atoms with Gasteiger partial charge in [0.2, 0.25) is 0 Å². The molecule has 3 N–H and O–H groups in total. The summed E-state index contributed by atoms with van der Waals surface area (Å²) in [4.78, 5) is 9.15. The van der Waals surface area contributed by atoms with Gasteiger partial charge in [-0.1, -0.05) is 19.8 Å². The second kappa shape index (κ2) is 6.61. The van der Waals surface area contributed by atoms with Crippen molar-refractivity contribution in [2.24, 2.45) is 5.73 Å². The molecule has 1 unspecified atom stereocenters. The van der Waals surface area contributed by atoms with E-state index in [2.05, 4.69) is 0 Å². The van der Waals surface area contributed by atoms with Crippen LogP contribution in [0.2, 0.25) is 0 Å². The third-order valence-electron chi connectivity index (χ3n) is 1.46. The fourth-order valence-electron chi connectivity index (χ4n) is 0.822. The van der Waals surface area contributed by atoms with E-state index in [1.54, 1.807) is 0 Å². The van der Waals surface area contributed by atoms with Crippen molar-refractivity contribution in [1.82, 2.24) is 0 Å². The van der Waals surface area contributed by atoms with Gasteiger partial charge in [-0.3, -0.25) is 4.57 Å². The molecule has 0 bridgehead atoms. The molecule has 0 aromatic rings. The molecule has 0 aromatic carbocycles. The Bertz CT molecular complexity index is 152. The molecule has 74 valence electrons. The number of unbranched alkanes of at least 4 members (excludes halogenated alkanes) is 2. The van der Waals surface area contributed by atoms with E-state index in [9.17, 15) is 4.57 Å². The molecular weight excluding hydrogens is 177 g/mol. The Hall–Kier alpha value is 0.110. The predicted molar refractivity (Wildman–Crippen MR) is 49.2 cm³/mol. The van der Waals surface area contributed by atoms with E-state index in [0.29, 0.717) is 6.54 Å². The second-order valence-corrected chi connectivity index (χ2v) is 4.67. The maximum Gasteiger partial charge on any atom is 0.328 e. The summed E-state index contributed by atoms with van der Waals surface area (Å²) in [6.07, 6.45) is 3.00. The molecule has 4 nitrogen and oxygen atoms in total. The minimum absolute atomic E-state index is 0.167. The molecule has 5 heteroatoms. The van der Waals surface area contributed by atoms with Gasteiger partial charge in [0.15, 0.2) is 0 Å². The second-order valence-electron chi connectivity index (χ2n) is 2.69. The maximum atomic E-state index is 11.1. The van der Waals surface area contributed by atoms with Crippen LogP contribution in [0, 0.1) is 0 Å². The van der Waals surface area contributed by atoms with Crippen molar-refractivity contribution in [3.63, 3.8) is 0 Å². The van der Waals surface area contributed by atoms with E-state index in [1.807, 2.05) is 6.92 Å².